The van der Waals surface area contributed by atoms with Crippen molar-refractivity contribution in [3.63, 3.8) is 0 Å². The maximum atomic E-state index is 13.3. The van der Waals surface area contributed by atoms with Crippen molar-refractivity contribution < 1.29 is 13.9 Å². The van der Waals surface area contributed by atoms with Gasteiger partial charge in [-0.3, -0.25) is 0 Å². The topological polar surface area (TPSA) is 63.5 Å². The van der Waals surface area contributed by atoms with Crippen molar-refractivity contribution in [3.8, 4) is 11.6 Å². The number of rotatable bonds is 6. The van der Waals surface area contributed by atoms with Crippen molar-refractivity contribution in [1.29, 1.82) is 0 Å². The summed E-state index contributed by atoms with van der Waals surface area (Å²) in [4.78, 5) is 21.0. The van der Waals surface area contributed by atoms with E-state index in [1.54, 1.807) is 21.7 Å². The number of hydrogen-bond donors (Lipinski definition) is 0. The van der Waals surface area contributed by atoms with E-state index in [1.807, 2.05) is 13.0 Å². The van der Waals surface area contributed by atoms with Gasteiger partial charge < -0.3 is 14.5 Å². The summed E-state index contributed by atoms with van der Waals surface area (Å²) < 4.78 is 20.4. The molecule has 0 N–H and O–H groups in total. The molecule has 1 aromatic carbocycles. The van der Waals surface area contributed by atoms with Gasteiger partial charge in [0.15, 0.2) is 5.65 Å². The molecule has 3 heterocycles. The molecular weight excluding hydrogens is 373 g/mol. The molecular formula is C21H24FN5O2. The molecule has 1 aliphatic rings. The molecule has 7 nitrogen and oxygen atoms in total. The van der Waals surface area contributed by atoms with Crippen LogP contribution in [0.2, 0.25) is 0 Å². The van der Waals surface area contributed by atoms with Crippen molar-refractivity contribution in [2.75, 3.05) is 26.2 Å². The van der Waals surface area contributed by atoms with Crippen LogP contribution in [0.5, 0.6) is 5.88 Å². The second-order valence-corrected chi connectivity index (χ2v) is 7.11. The monoisotopic (exact) mass is 397 g/mol. The van der Waals surface area contributed by atoms with Crippen molar-refractivity contribution in [2.45, 2.75) is 27.3 Å². The Bertz CT molecular complexity index is 1040. The van der Waals surface area contributed by atoms with Crippen LogP contribution in [0.25, 0.3) is 16.7 Å². The number of aryl methyl sites for hydroxylation is 1. The van der Waals surface area contributed by atoms with Crippen LogP contribution < -0.4 is 4.74 Å². The molecule has 4 rings (SSSR count). The molecule has 29 heavy (non-hydrogen) atoms. The third kappa shape index (κ3) is 3.67. The van der Waals surface area contributed by atoms with Crippen LogP contribution >= 0.6 is 0 Å². The fraction of sp³-hybridized carbons (Fsp3) is 0.381. The Morgan fingerprint density at radius 2 is 1.93 bits per heavy atom. The molecule has 1 aliphatic heterocycles. The quantitative estimate of drug-likeness (QED) is 0.637. The summed E-state index contributed by atoms with van der Waals surface area (Å²) in [5.74, 6) is -0.00384. The Hall–Kier alpha value is -3.00. The summed E-state index contributed by atoms with van der Waals surface area (Å²) in [6.07, 6.45) is -0.388. The predicted octanol–water partition coefficient (Wildman–Crippen LogP) is 3.52. The number of nitrogens with zero attached hydrogens (tertiary/aromatic N) is 5. The van der Waals surface area contributed by atoms with Crippen LogP contribution in [0.15, 0.2) is 30.3 Å². The van der Waals surface area contributed by atoms with E-state index in [2.05, 4.69) is 28.8 Å². The zero-order valence-electron chi connectivity index (χ0n) is 16.9. The zero-order chi connectivity index (χ0) is 20.5. The number of pyridine rings is 1. The Balaban J connectivity index is 1.66. The Labute approximate surface area is 168 Å². The number of halogens is 1. The fourth-order valence-electron chi connectivity index (χ4n) is 3.56. The van der Waals surface area contributed by atoms with Gasteiger partial charge in [0.05, 0.1) is 17.9 Å². The highest BCUT2D eigenvalue weighted by atomic mass is 19.1. The number of fused-ring (bicyclic) bond motifs is 2. The number of ether oxygens (including phenoxy) is 1. The maximum absolute atomic E-state index is 13.3. The lowest BCUT2D eigenvalue weighted by molar-refractivity contribution is 0.128. The highest BCUT2D eigenvalue weighted by Gasteiger charge is 2.28. The molecule has 0 atom stereocenters. The zero-order valence-corrected chi connectivity index (χ0v) is 16.9. The average molecular weight is 397 g/mol. The minimum atomic E-state index is -0.388. The largest absolute Gasteiger partial charge is 0.416 e. The summed E-state index contributed by atoms with van der Waals surface area (Å²) in [5, 5.41) is 5.44. The van der Waals surface area contributed by atoms with Crippen molar-refractivity contribution >= 4 is 17.1 Å². The molecule has 1 amide bonds. The molecule has 0 saturated carbocycles. The summed E-state index contributed by atoms with van der Waals surface area (Å²) >= 11 is 0. The van der Waals surface area contributed by atoms with Crippen LogP contribution in [-0.4, -0.2) is 56.8 Å². The number of likely N-dealkylation sites (N-methyl/N-ethyl adjacent to an activating group) is 1. The van der Waals surface area contributed by atoms with Gasteiger partial charge in [-0.25, -0.2) is 13.9 Å². The van der Waals surface area contributed by atoms with E-state index >= 15 is 0 Å². The van der Waals surface area contributed by atoms with Crippen molar-refractivity contribution in [3.05, 3.63) is 47.4 Å². The first-order chi connectivity index (χ1) is 14.0. The van der Waals surface area contributed by atoms with Gasteiger partial charge in [0.1, 0.15) is 5.82 Å². The van der Waals surface area contributed by atoms with E-state index in [1.165, 1.54) is 12.1 Å². The molecule has 0 unspecified atom stereocenters. The molecule has 2 aromatic heterocycles. The lowest BCUT2D eigenvalue weighted by Gasteiger charge is -2.29. The summed E-state index contributed by atoms with van der Waals surface area (Å²) in [5.41, 5.74) is 2.95. The first kappa shape index (κ1) is 19.3. The Morgan fingerprint density at radius 1 is 1.21 bits per heavy atom. The van der Waals surface area contributed by atoms with E-state index in [4.69, 9.17) is 4.74 Å². The molecule has 0 bridgehead atoms. The Kier molecular flexibility index (Phi) is 5.19. The highest BCUT2D eigenvalue weighted by molar-refractivity contribution is 5.83. The van der Waals surface area contributed by atoms with Gasteiger partial charge in [-0.2, -0.15) is 10.1 Å². The fourth-order valence-corrected chi connectivity index (χ4v) is 3.56. The molecule has 8 heteroatoms. The molecule has 0 spiro atoms. The van der Waals surface area contributed by atoms with E-state index in [-0.39, 0.29) is 11.9 Å². The highest BCUT2D eigenvalue weighted by Crippen LogP contribution is 2.30. The predicted molar refractivity (Wildman–Crippen MR) is 108 cm³/mol. The number of carbonyl (C=O) groups excluding carboxylic acids is 1. The van der Waals surface area contributed by atoms with Gasteiger partial charge in [-0.15, -0.1) is 0 Å². The normalized spacial score (nSPS) is 13.8. The second-order valence-electron chi connectivity index (χ2n) is 7.11. The van der Waals surface area contributed by atoms with Crippen molar-refractivity contribution in [1.82, 2.24) is 24.6 Å². The van der Waals surface area contributed by atoms with Crippen molar-refractivity contribution in [2.24, 2.45) is 0 Å². The van der Waals surface area contributed by atoms with Crippen LogP contribution in [0.1, 0.15) is 25.1 Å². The third-order valence-corrected chi connectivity index (χ3v) is 5.34. The molecule has 0 aliphatic carbocycles. The number of benzene rings is 1. The smallest absolute Gasteiger partial charge is 0.391 e. The van der Waals surface area contributed by atoms with Gasteiger partial charge >= 0.3 is 6.09 Å². The number of amides is 1. The van der Waals surface area contributed by atoms with E-state index in [0.717, 1.165) is 36.3 Å². The molecule has 3 aromatic rings. The second kappa shape index (κ2) is 7.79. The lowest BCUT2D eigenvalue weighted by atomic mass is 10.1. The maximum Gasteiger partial charge on any atom is 0.416 e. The average Bonchev–Trinajstić information content (AvgIpc) is 3.03. The van der Waals surface area contributed by atoms with E-state index < -0.39 is 0 Å². The van der Waals surface area contributed by atoms with Gasteiger partial charge in [0.2, 0.25) is 5.88 Å². The van der Waals surface area contributed by atoms with Gasteiger partial charge in [0.25, 0.3) is 0 Å². The summed E-state index contributed by atoms with van der Waals surface area (Å²) in [7, 11) is 0. The van der Waals surface area contributed by atoms with E-state index in [9.17, 15) is 9.18 Å². The summed E-state index contributed by atoms with van der Waals surface area (Å²) in [6.45, 7) is 9.87. The van der Waals surface area contributed by atoms with Crippen LogP contribution in [0.3, 0.4) is 0 Å². The number of hydrogen-bond acceptors (Lipinski definition) is 5. The van der Waals surface area contributed by atoms with Crippen LogP contribution in [-0.2, 0) is 6.54 Å². The van der Waals surface area contributed by atoms with Gasteiger partial charge in [0, 0.05) is 24.0 Å². The van der Waals surface area contributed by atoms with E-state index in [0.29, 0.717) is 30.3 Å². The Morgan fingerprint density at radius 3 is 2.62 bits per heavy atom. The molecule has 0 radical (unpaired) electrons. The molecule has 0 fully saturated rings. The van der Waals surface area contributed by atoms with Gasteiger partial charge in [-0.05, 0) is 50.3 Å². The minimum Gasteiger partial charge on any atom is -0.391 e. The first-order valence-electron chi connectivity index (χ1n) is 9.84. The van der Waals surface area contributed by atoms with Gasteiger partial charge in [-0.1, -0.05) is 13.8 Å². The molecule has 0 saturated heterocycles. The van der Waals surface area contributed by atoms with Crippen LogP contribution in [0, 0.1) is 12.7 Å². The number of aromatic nitrogens is 3. The van der Waals surface area contributed by atoms with Crippen LogP contribution in [0.4, 0.5) is 9.18 Å². The molecule has 152 valence electrons. The lowest BCUT2D eigenvalue weighted by Crippen LogP contribution is -2.42. The standard InChI is InChI=1S/C21H24FN5O2/c1-4-25(5-2)10-11-26-13-15-12-18-14(3)24-27(17-8-6-16(22)7-9-17)19(18)23-20(15)29-21(26)28/h6-9,12H,4-5,10-11,13H2,1-3H3. The first-order valence-corrected chi connectivity index (χ1v) is 9.84. The SMILES string of the molecule is CCN(CC)CCN1Cc2cc3c(C)nn(-c4ccc(F)cc4)c3nc2OC1=O. The number of carbonyl (C=O) groups is 1. The summed E-state index contributed by atoms with van der Waals surface area (Å²) in [6, 6.07) is 8.03. The minimum absolute atomic E-state index is 0.310. The third-order valence-electron chi connectivity index (χ3n) is 5.34.